The zero-order valence-corrected chi connectivity index (χ0v) is 7.30. The van der Waals surface area contributed by atoms with Crippen LogP contribution >= 0.6 is 0 Å². The molecular weight excluding hydrogens is 144 g/mol. The van der Waals surface area contributed by atoms with Crippen molar-refractivity contribution in [3.63, 3.8) is 0 Å². The Balaban J connectivity index is 0. The molecule has 0 aliphatic carbocycles. The van der Waals surface area contributed by atoms with E-state index in [1.807, 2.05) is 0 Å². The zero-order valence-electron chi connectivity index (χ0n) is 6.41. The first-order valence-electron chi connectivity index (χ1n) is 0. The van der Waals surface area contributed by atoms with E-state index in [2.05, 4.69) is 0 Å². The first kappa shape index (κ1) is 35.1. The smallest absolute Gasteiger partial charge is 1.00 e. The Morgan fingerprint density at radius 2 is 1.00 bits per heavy atom. The van der Waals surface area contributed by atoms with Crippen LogP contribution in [0.5, 0.6) is 0 Å². The number of hydrogen-bond donors (Lipinski definition) is 0. The molecule has 0 amide bonds. The van der Waals surface area contributed by atoms with Gasteiger partial charge in [-0.25, -0.2) is 0 Å². The van der Waals surface area contributed by atoms with E-state index in [-0.39, 0.29) is 85.2 Å². The van der Waals surface area contributed by atoms with Gasteiger partial charge in [-0.1, -0.05) is 0 Å². The van der Waals surface area contributed by atoms with Gasteiger partial charge in [0.05, 0.1) is 0 Å². The molecule has 0 aliphatic heterocycles. The van der Waals surface area contributed by atoms with Crippen LogP contribution in [0.1, 0.15) is 5.71 Å². The Kier molecular flexibility index (Phi) is 167. The number of hydrogen-bond acceptors (Lipinski definition) is 0. The van der Waals surface area contributed by atoms with E-state index in [0.29, 0.717) is 0 Å². The largest absolute Gasteiger partial charge is 2.00 e. The van der Waals surface area contributed by atoms with Gasteiger partial charge in [0.2, 0.25) is 0 Å². The minimum Gasteiger partial charge on any atom is -1.00 e. The summed E-state index contributed by atoms with van der Waals surface area (Å²) in [4.78, 5) is 0. The molecule has 0 aromatic heterocycles. The van der Waals surface area contributed by atoms with Crippen LogP contribution in [0.4, 0.5) is 0 Å². The van der Waals surface area contributed by atoms with Crippen LogP contribution < -0.4 is 0 Å². The van der Waals surface area contributed by atoms with Crippen LogP contribution in [0.15, 0.2) is 0 Å². The summed E-state index contributed by atoms with van der Waals surface area (Å²) in [5, 5.41) is 0. The summed E-state index contributed by atoms with van der Waals surface area (Å²) in [6, 6.07) is 0. The molecule has 0 bridgehead atoms. The van der Waals surface area contributed by atoms with Crippen LogP contribution in [0.2, 0.25) is 0 Å². The topological polar surface area (TPSA) is 63.0 Å². The van der Waals surface area contributed by atoms with Crippen LogP contribution in [-0.4, -0.2) is 79.5 Å². The second-order valence-electron chi connectivity index (χ2n) is 0. The second kappa shape index (κ2) is 19.1. The van der Waals surface area contributed by atoms with E-state index < -0.39 is 0 Å². The monoisotopic (exact) mass is 152 g/mol. The molecule has 4 N–H and O–H groups in total. The van der Waals surface area contributed by atoms with Crippen molar-refractivity contribution in [3.05, 3.63) is 0 Å². The Bertz CT molecular complexity index is 14.0. The average molecular weight is 152 g/mol. The standard InChI is InChI=1S/Mg.2H2O.Sr.4H/h;2*1H2;;;;;/q+2;;;+2;4*-1. The minimum absolute atomic E-state index is 0. The summed E-state index contributed by atoms with van der Waals surface area (Å²) in [6.45, 7) is 0. The van der Waals surface area contributed by atoms with Crippen molar-refractivity contribution >= 4 is 68.5 Å². The summed E-state index contributed by atoms with van der Waals surface area (Å²) in [5.41, 5.74) is 0. The predicted molar refractivity (Wildman–Crippen MR) is 23.2 cm³/mol. The van der Waals surface area contributed by atoms with Crippen LogP contribution in [-0.2, 0) is 0 Å². The van der Waals surface area contributed by atoms with Crippen LogP contribution in [0, 0.1) is 0 Å². The zero-order chi connectivity index (χ0) is 0. The maximum atomic E-state index is 0. The maximum Gasteiger partial charge on any atom is 2.00 e. The van der Waals surface area contributed by atoms with Gasteiger partial charge in [0.1, 0.15) is 0 Å². The fraction of sp³-hybridized carbons (Fsp3) is 0. The molecule has 0 saturated carbocycles. The van der Waals surface area contributed by atoms with Crippen molar-refractivity contribution in [1.29, 1.82) is 0 Å². The molecule has 0 heterocycles. The summed E-state index contributed by atoms with van der Waals surface area (Å²) in [6.07, 6.45) is 0. The Morgan fingerprint density at radius 3 is 1.00 bits per heavy atom. The molecule has 0 unspecified atom stereocenters. The minimum atomic E-state index is 0. The van der Waals surface area contributed by atoms with Gasteiger partial charge in [-0.05, 0) is 0 Å². The van der Waals surface area contributed by atoms with Crippen LogP contribution in [0.3, 0.4) is 0 Å². The molecule has 4 heavy (non-hydrogen) atoms. The number of rotatable bonds is 0. The average Bonchev–Trinajstić information content (AvgIpc) is 0. The molecule has 0 aromatic rings. The molecule has 24 valence electrons. The molecule has 0 aliphatic rings. The Morgan fingerprint density at radius 1 is 1.00 bits per heavy atom. The Hall–Kier alpha value is 2.17. The van der Waals surface area contributed by atoms with E-state index in [9.17, 15) is 0 Å². The molecule has 0 spiro atoms. The third-order valence-electron chi connectivity index (χ3n) is 0. The van der Waals surface area contributed by atoms with Gasteiger partial charge in [-0.15, -0.1) is 0 Å². The molecule has 0 atom stereocenters. The van der Waals surface area contributed by atoms with E-state index in [1.165, 1.54) is 0 Å². The molecule has 0 fully saturated rings. The molecule has 0 rings (SSSR count). The van der Waals surface area contributed by atoms with Crippen molar-refractivity contribution in [3.8, 4) is 0 Å². The SMILES string of the molecule is O.O.[H-].[H-].[H-].[H-].[Mg+2].[Sr+2]. The summed E-state index contributed by atoms with van der Waals surface area (Å²) >= 11 is 0. The summed E-state index contributed by atoms with van der Waals surface area (Å²) in [7, 11) is 0. The normalized spacial score (nSPS) is 0. The predicted octanol–water partition coefficient (Wildman–Crippen LogP) is -1.96. The van der Waals surface area contributed by atoms with Crippen molar-refractivity contribution in [2.24, 2.45) is 0 Å². The molecule has 4 heteroatoms. The molecule has 0 saturated heterocycles. The molecule has 0 radical (unpaired) electrons. The van der Waals surface area contributed by atoms with E-state index in [0.717, 1.165) is 0 Å². The van der Waals surface area contributed by atoms with Gasteiger partial charge >= 0.3 is 68.5 Å². The van der Waals surface area contributed by atoms with E-state index in [1.54, 1.807) is 0 Å². The van der Waals surface area contributed by atoms with Gasteiger partial charge in [-0.2, -0.15) is 0 Å². The first-order chi connectivity index (χ1) is 0. The van der Waals surface area contributed by atoms with E-state index >= 15 is 0 Å². The third-order valence-corrected chi connectivity index (χ3v) is 0. The summed E-state index contributed by atoms with van der Waals surface area (Å²) in [5.74, 6) is 0. The maximum absolute atomic E-state index is 0. The molecule has 2 nitrogen and oxygen atoms in total. The first-order valence-corrected chi connectivity index (χ1v) is 0. The van der Waals surface area contributed by atoms with Gasteiger partial charge in [-0.3, -0.25) is 0 Å². The van der Waals surface area contributed by atoms with Gasteiger partial charge in [0, 0.05) is 0 Å². The van der Waals surface area contributed by atoms with Crippen molar-refractivity contribution in [2.75, 3.05) is 0 Å². The van der Waals surface area contributed by atoms with E-state index in [4.69, 9.17) is 0 Å². The quantitative estimate of drug-likeness (QED) is 0.362. The van der Waals surface area contributed by atoms with Crippen molar-refractivity contribution < 1.29 is 16.7 Å². The van der Waals surface area contributed by atoms with Gasteiger partial charge in [0.25, 0.3) is 0 Å². The second-order valence-corrected chi connectivity index (χ2v) is 0. The third kappa shape index (κ3) is 8.90. The Labute approximate surface area is 83.9 Å². The fourth-order valence-electron chi connectivity index (χ4n) is 0. The fourth-order valence-corrected chi connectivity index (χ4v) is 0. The van der Waals surface area contributed by atoms with Crippen molar-refractivity contribution in [1.82, 2.24) is 0 Å². The summed E-state index contributed by atoms with van der Waals surface area (Å²) < 4.78 is 0. The molecule has 0 aromatic carbocycles. The van der Waals surface area contributed by atoms with Gasteiger partial charge < -0.3 is 16.7 Å². The molecular formula is H8MgO2Sr. The van der Waals surface area contributed by atoms with Crippen LogP contribution in [0.25, 0.3) is 0 Å². The van der Waals surface area contributed by atoms with Gasteiger partial charge in [0.15, 0.2) is 0 Å². The van der Waals surface area contributed by atoms with Crippen molar-refractivity contribution in [2.45, 2.75) is 0 Å².